The van der Waals surface area contributed by atoms with Gasteiger partial charge in [-0.3, -0.25) is 4.72 Å². The maximum absolute atomic E-state index is 12.8. The maximum atomic E-state index is 12.8. The van der Waals surface area contributed by atoms with E-state index in [2.05, 4.69) is 29.9 Å². The molecule has 0 amide bonds. The zero-order chi connectivity index (χ0) is 31.1. The molecule has 1 fully saturated rings. The summed E-state index contributed by atoms with van der Waals surface area (Å²) in [5.41, 5.74) is 1.42. The third-order valence-electron chi connectivity index (χ3n) is 7.32. The van der Waals surface area contributed by atoms with Crippen molar-refractivity contribution in [3.8, 4) is 5.75 Å². The lowest BCUT2D eigenvalue weighted by atomic mass is 10.2. The first-order valence-corrected chi connectivity index (χ1v) is 15.3. The second kappa shape index (κ2) is 11.5. The second-order valence-electron chi connectivity index (χ2n) is 10.1. The van der Waals surface area contributed by atoms with Gasteiger partial charge < -0.3 is 24.8 Å². The molecule has 1 aliphatic heterocycles. The molecule has 3 aromatic carbocycles. The molecule has 0 saturated carbocycles. The van der Waals surface area contributed by atoms with Crippen LogP contribution in [0.2, 0.25) is 0 Å². The van der Waals surface area contributed by atoms with Gasteiger partial charge in [0.25, 0.3) is 10.0 Å². The summed E-state index contributed by atoms with van der Waals surface area (Å²) >= 11 is 5.63. The molecule has 0 unspecified atom stereocenters. The van der Waals surface area contributed by atoms with Crippen LogP contribution in [-0.4, -0.2) is 66.7 Å². The normalized spacial score (nSPS) is 14.2. The molecule has 2 aromatic heterocycles. The first-order valence-electron chi connectivity index (χ1n) is 13.4. The average molecular weight is 642 g/mol. The highest BCUT2D eigenvalue weighted by atomic mass is 32.2. The highest BCUT2D eigenvalue weighted by Gasteiger charge is 2.30. The largest absolute Gasteiger partial charge is 0.497 e. The van der Waals surface area contributed by atoms with E-state index in [1.54, 1.807) is 25.6 Å². The Kier molecular flexibility index (Phi) is 7.67. The molecule has 3 N–H and O–H groups in total. The van der Waals surface area contributed by atoms with E-state index in [4.69, 9.17) is 17.0 Å². The first kappa shape index (κ1) is 29.4. The summed E-state index contributed by atoms with van der Waals surface area (Å²) in [7, 11) is -2.39. The number of halogens is 3. The van der Waals surface area contributed by atoms with Crippen molar-refractivity contribution in [1.29, 1.82) is 0 Å². The predicted molar refractivity (Wildman–Crippen MR) is 167 cm³/mol. The predicted octanol–water partition coefficient (Wildman–Crippen LogP) is 5.46. The van der Waals surface area contributed by atoms with Crippen LogP contribution in [0.25, 0.3) is 21.9 Å². The Bertz CT molecular complexity index is 1940. The van der Waals surface area contributed by atoms with Crippen LogP contribution in [0.4, 0.5) is 30.4 Å². The number of rotatable bonds is 6. The van der Waals surface area contributed by atoms with Crippen molar-refractivity contribution in [2.75, 3.05) is 48.2 Å². The molecule has 0 radical (unpaired) electrons. The SMILES string of the molecule is COc1ccc2c(c1)[nH]c1ncnc(N3CCN(C(=S)Nc4ccc(S(=O)(=O)Nc5ccc(C(F)(F)F)cc5)cc4)CC3)c12. The van der Waals surface area contributed by atoms with Gasteiger partial charge in [0.05, 0.1) is 28.5 Å². The van der Waals surface area contributed by atoms with E-state index in [0.29, 0.717) is 37.0 Å². The highest BCUT2D eigenvalue weighted by Crippen LogP contribution is 2.33. The molecule has 1 aliphatic rings. The van der Waals surface area contributed by atoms with Crippen molar-refractivity contribution >= 4 is 66.5 Å². The lowest BCUT2D eigenvalue weighted by molar-refractivity contribution is -0.137. The number of fused-ring (bicyclic) bond motifs is 3. The van der Waals surface area contributed by atoms with E-state index >= 15 is 0 Å². The van der Waals surface area contributed by atoms with Crippen LogP contribution >= 0.6 is 12.2 Å². The van der Waals surface area contributed by atoms with Crippen molar-refractivity contribution < 1.29 is 26.3 Å². The van der Waals surface area contributed by atoms with E-state index in [9.17, 15) is 21.6 Å². The summed E-state index contributed by atoms with van der Waals surface area (Å²) < 4.78 is 71.6. The Morgan fingerprint density at radius 3 is 2.30 bits per heavy atom. The molecule has 6 rings (SSSR count). The van der Waals surface area contributed by atoms with Crippen molar-refractivity contribution in [2.24, 2.45) is 0 Å². The number of H-pyrrole nitrogens is 1. The van der Waals surface area contributed by atoms with Crippen molar-refractivity contribution in [1.82, 2.24) is 19.9 Å². The molecule has 0 atom stereocenters. The molecule has 44 heavy (non-hydrogen) atoms. The van der Waals surface area contributed by atoms with Crippen LogP contribution < -0.4 is 19.7 Å². The lowest BCUT2D eigenvalue weighted by Gasteiger charge is -2.37. The number of thiocarbonyl (C=S) groups is 1. The number of hydrogen-bond acceptors (Lipinski definition) is 7. The zero-order valence-corrected chi connectivity index (χ0v) is 24.9. The standard InChI is InChI=1S/C29H26F3N7O3S2/c1-42-21-8-11-23-24(16-21)36-26-25(23)27(34-17-33-26)38-12-14-39(15-13-38)28(43)35-19-6-9-22(10-7-19)44(40,41)37-20-4-2-18(3-5-20)29(30,31)32/h2-11,16-17,37H,12-15H2,1H3,(H,35,43)(H,33,34,36). The van der Waals surface area contributed by atoms with Crippen LogP contribution in [-0.2, 0) is 16.2 Å². The average Bonchev–Trinajstić information content (AvgIpc) is 3.39. The molecule has 3 heterocycles. The fourth-order valence-electron chi connectivity index (χ4n) is 5.04. The zero-order valence-electron chi connectivity index (χ0n) is 23.2. The van der Waals surface area contributed by atoms with E-state index in [1.165, 1.54) is 12.1 Å². The molecule has 0 spiro atoms. The number of sulfonamides is 1. The number of anilines is 3. The van der Waals surface area contributed by atoms with Gasteiger partial charge in [0.15, 0.2) is 5.11 Å². The third-order valence-corrected chi connectivity index (χ3v) is 9.08. The van der Waals surface area contributed by atoms with E-state index in [1.807, 2.05) is 23.1 Å². The monoisotopic (exact) mass is 641 g/mol. The van der Waals surface area contributed by atoms with Gasteiger partial charge in [-0.15, -0.1) is 0 Å². The third kappa shape index (κ3) is 5.92. The smallest absolute Gasteiger partial charge is 0.416 e. The Balaban J connectivity index is 1.08. The molecule has 1 saturated heterocycles. The summed E-state index contributed by atoms with van der Waals surface area (Å²) in [6, 6.07) is 15.6. The van der Waals surface area contributed by atoms with Crippen molar-refractivity contribution in [3.63, 3.8) is 0 Å². The number of nitrogens with zero attached hydrogens (tertiary/aromatic N) is 4. The number of hydrogen-bond donors (Lipinski definition) is 3. The number of piperazine rings is 1. The number of nitrogens with one attached hydrogen (secondary N) is 3. The molecule has 228 valence electrons. The Morgan fingerprint density at radius 2 is 1.64 bits per heavy atom. The van der Waals surface area contributed by atoms with Crippen LogP contribution in [0.15, 0.2) is 78.0 Å². The van der Waals surface area contributed by atoms with Gasteiger partial charge in [-0.05, 0) is 72.9 Å². The van der Waals surface area contributed by atoms with Crippen LogP contribution in [0.5, 0.6) is 5.75 Å². The summed E-state index contributed by atoms with van der Waals surface area (Å²) in [4.78, 5) is 16.5. The van der Waals surface area contributed by atoms with E-state index in [0.717, 1.165) is 57.8 Å². The topological polar surface area (TPSA) is 115 Å². The molecular weight excluding hydrogens is 615 g/mol. The van der Waals surface area contributed by atoms with Gasteiger partial charge >= 0.3 is 6.18 Å². The number of ether oxygens (including phenoxy) is 1. The summed E-state index contributed by atoms with van der Waals surface area (Å²) in [5, 5.41) is 5.60. The fourth-order valence-corrected chi connectivity index (χ4v) is 6.40. The Morgan fingerprint density at radius 1 is 0.955 bits per heavy atom. The summed E-state index contributed by atoms with van der Waals surface area (Å²) in [6.07, 6.45) is -2.96. The van der Waals surface area contributed by atoms with Crippen molar-refractivity contribution in [3.05, 3.63) is 78.6 Å². The molecule has 5 aromatic rings. The number of benzene rings is 3. The Hall–Kier alpha value is -4.63. The van der Waals surface area contributed by atoms with Crippen LogP contribution in [0.1, 0.15) is 5.56 Å². The molecule has 0 bridgehead atoms. The molecular formula is C29H26F3N7O3S2. The second-order valence-corrected chi connectivity index (χ2v) is 12.1. The first-order chi connectivity index (χ1) is 21.0. The summed E-state index contributed by atoms with van der Waals surface area (Å²) in [6.45, 7) is 2.61. The van der Waals surface area contributed by atoms with Gasteiger partial charge in [0.2, 0.25) is 0 Å². The summed E-state index contributed by atoms with van der Waals surface area (Å²) in [5.74, 6) is 1.59. The fraction of sp³-hybridized carbons (Fsp3) is 0.207. The van der Waals surface area contributed by atoms with Crippen LogP contribution in [0, 0.1) is 0 Å². The van der Waals surface area contributed by atoms with E-state index < -0.39 is 21.8 Å². The van der Waals surface area contributed by atoms with Crippen LogP contribution in [0.3, 0.4) is 0 Å². The Labute approximate surface area is 255 Å². The number of aromatic amines is 1. The van der Waals surface area contributed by atoms with Gasteiger partial charge in [-0.2, -0.15) is 13.2 Å². The molecule has 0 aliphatic carbocycles. The quantitative estimate of drug-likeness (QED) is 0.208. The minimum Gasteiger partial charge on any atom is -0.497 e. The highest BCUT2D eigenvalue weighted by molar-refractivity contribution is 7.92. The van der Waals surface area contributed by atoms with Gasteiger partial charge in [0, 0.05) is 49.0 Å². The van der Waals surface area contributed by atoms with Gasteiger partial charge in [-0.1, -0.05) is 0 Å². The molecule has 10 nitrogen and oxygen atoms in total. The minimum atomic E-state index is -4.51. The van der Waals surface area contributed by atoms with E-state index in [-0.39, 0.29) is 10.6 Å². The lowest BCUT2D eigenvalue weighted by Crippen LogP contribution is -2.50. The minimum absolute atomic E-state index is 0.0214. The van der Waals surface area contributed by atoms with Gasteiger partial charge in [-0.25, -0.2) is 18.4 Å². The number of alkyl halides is 3. The molecule has 15 heteroatoms. The maximum Gasteiger partial charge on any atom is 0.416 e. The number of methoxy groups -OCH3 is 1. The number of aromatic nitrogens is 3. The van der Waals surface area contributed by atoms with Gasteiger partial charge in [0.1, 0.15) is 23.5 Å². The van der Waals surface area contributed by atoms with Crippen molar-refractivity contribution in [2.45, 2.75) is 11.1 Å².